The van der Waals surface area contributed by atoms with Gasteiger partial charge in [0, 0.05) is 21.1 Å². The normalized spacial score (nSPS) is 10.4. The number of rotatable bonds is 4. The number of hydrogen-bond donors (Lipinski definition) is 2. The van der Waals surface area contributed by atoms with E-state index in [0.717, 1.165) is 20.9 Å². The van der Waals surface area contributed by atoms with Gasteiger partial charge in [0.25, 0.3) is 5.91 Å². The monoisotopic (exact) mass is 382 g/mol. The van der Waals surface area contributed by atoms with E-state index in [1.54, 1.807) is 24.3 Å². The summed E-state index contributed by atoms with van der Waals surface area (Å²) in [5, 5.41) is 7.48. The van der Waals surface area contributed by atoms with Crippen molar-refractivity contribution >= 4 is 44.2 Å². The molecule has 0 spiro atoms. The van der Waals surface area contributed by atoms with Gasteiger partial charge in [-0.2, -0.15) is 0 Å². The minimum absolute atomic E-state index is 0.0852. The Kier molecular flexibility index (Phi) is 4.91. The van der Waals surface area contributed by atoms with Gasteiger partial charge in [0.15, 0.2) is 0 Å². The van der Waals surface area contributed by atoms with E-state index in [1.807, 2.05) is 42.5 Å². The van der Waals surface area contributed by atoms with Crippen LogP contribution in [0.3, 0.4) is 0 Å². The molecule has 4 nitrogen and oxygen atoms in total. The maximum atomic E-state index is 12.1. The second-order valence-corrected chi connectivity index (χ2v) is 6.18. The summed E-state index contributed by atoms with van der Waals surface area (Å²) in [7, 11) is 0. The number of anilines is 1. The van der Waals surface area contributed by atoms with Crippen molar-refractivity contribution in [1.29, 1.82) is 0 Å². The Morgan fingerprint density at radius 1 is 0.875 bits per heavy atom. The van der Waals surface area contributed by atoms with Crippen LogP contribution in [0.5, 0.6) is 0 Å². The van der Waals surface area contributed by atoms with Crippen molar-refractivity contribution in [3.05, 3.63) is 76.8 Å². The SMILES string of the molecule is O=C(CNC(=O)c1ccc(Br)cc1)Nc1cccc2ccccc12. The van der Waals surface area contributed by atoms with Crippen LogP contribution in [0.4, 0.5) is 5.69 Å². The van der Waals surface area contributed by atoms with Crippen molar-refractivity contribution in [2.24, 2.45) is 0 Å². The Labute approximate surface area is 148 Å². The molecule has 0 bridgehead atoms. The average Bonchev–Trinajstić information content (AvgIpc) is 2.61. The maximum Gasteiger partial charge on any atom is 0.251 e. The molecule has 2 amide bonds. The summed E-state index contributed by atoms with van der Waals surface area (Å²) < 4.78 is 0.896. The molecule has 0 radical (unpaired) electrons. The van der Waals surface area contributed by atoms with E-state index in [4.69, 9.17) is 0 Å². The molecular weight excluding hydrogens is 368 g/mol. The summed E-state index contributed by atoms with van der Waals surface area (Å²) >= 11 is 3.32. The van der Waals surface area contributed by atoms with Crippen LogP contribution in [-0.2, 0) is 4.79 Å². The fraction of sp³-hybridized carbons (Fsp3) is 0.0526. The van der Waals surface area contributed by atoms with Crippen LogP contribution in [0.25, 0.3) is 10.8 Å². The van der Waals surface area contributed by atoms with Crippen LogP contribution in [0.1, 0.15) is 10.4 Å². The van der Waals surface area contributed by atoms with Gasteiger partial charge in [0.2, 0.25) is 5.91 Å². The molecule has 2 N–H and O–H groups in total. The Bertz CT molecular complexity index is 886. The number of carbonyl (C=O) groups is 2. The highest BCUT2D eigenvalue weighted by atomic mass is 79.9. The van der Waals surface area contributed by atoms with Crippen LogP contribution in [0.15, 0.2) is 71.2 Å². The number of hydrogen-bond acceptors (Lipinski definition) is 2. The van der Waals surface area contributed by atoms with Crippen molar-refractivity contribution in [3.8, 4) is 0 Å². The molecule has 0 aliphatic heterocycles. The first-order valence-electron chi connectivity index (χ1n) is 7.45. The van der Waals surface area contributed by atoms with Gasteiger partial charge in [-0.05, 0) is 35.7 Å². The van der Waals surface area contributed by atoms with Crippen LogP contribution in [0.2, 0.25) is 0 Å². The van der Waals surface area contributed by atoms with E-state index in [9.17, 15) is 9.59 Å². The summed E-state index contributed by atoms with van der Waals surface area (Å²) in [5.74, 6) is -0.549. The molecule has 3 rings (SSSR count). The van der Waals surface area contributed by atoms with E-state index in [2.05, 4.69) is 26.6 Å². The Balaban J connectivity index is 1.63. The van der Waals surface area contributed by atoms with Gasteiger partial charge < -0.3 is 10.6 Å². The van der Waals surface area contributed by atoms with Gasteiger partial charge >= 0.3 is 0 Å². The third kappa shape index (κ3) is 3.81. The molecule has 0 aliphatic rings. The Hall–Kier alpha value is -2.66. The van der Waals surface area contributed by atoms with E-state index in [0.29, 0.717) is 5.56 Å². The van der Waals surface area contributed by atoms with Crippen LogP contribution < -0.4 is 10.6 Å². The quantitative estimate of drug-likeness (QED) is 0.716. The smallest absolute Gasteiger partial charge is 0.251 e. The standard InChI is InChI=1S/C19H15BrN2O2/c20-15-10-8-14(9-11-15)19(24)21-12-18(23)22-17-7-3-5-13-4-1-2-6-16(13)17/h1-11H,12H2,(H,21,24)(H,22,23). The molecular formula is C19H15BrN2O2. The fourth-order valence-corrected chi connectivity index (χ4v) is 2.66. The molecule has 0 saturated heterocycles. The van der Waals surface area contributed by atoms with E-state index < -0.39 is 0 Å². The third-order valence-corrected chi connectivity index (χ3v) is 4.11. The summed E-state index contributed by atoms with van der Waals surface area (Å²) in [6.07, 6.45) is 0. The van der Waals surface area contributed by atoms with E-state index in [-0.39, 0.29) is 18.4 Å². The van der Waals surface area contributed by atoms with Gasteiger partial charge in [-0.15, -0.1) is 0 Å². The van der Waals surface area contributed by atoms with Crippen molar-refractivity contribution < 1.29 is 9.59 Å². The summed E-state index contributed by atoms with van der Waals surface area (Å²) in [4.78, 5) is 24.1. The predicted octanol–water partition coefficient (Wildman–Crippen LogP) is 3.97. The fourth-order valence-electron chi connectivity index (χ4n) is 2.39. The van der Waals surface area contributed by atoms with Gasteiger partial charge in [-0.3, -0.25) is 9.59 Å². The lowest BCUT2D eigenvalue weighted by atomic mass is 10.1. The molecule has 0 aromatic heterocycles. The minimum atomic E-state index is -0.282. The lowest BCUT2D eigenvalue weighted by Crippen LogP contribution is -2.32. The molecule has 0 unspecified atom stereocenters. The topological polar surface area (TPSA) is 58.2 Å². The predicted molar refractivity (Wildman–Crippen MR) is 99.1 cm³/mol. The van der Waals surface area contributed by atoms with Gasteiger partial charge in [0.1, 0.15) is 0 Å². The lowest BCUT2D eigenvalue weighted by Gasteiger charge is -2.09. The number of benzene rings is 3. The summed E-state index contributed by atoms with van der Waals surface area (Å²) in [6.45, 7) is -0.0852. The number of nitrogens with one attached hydrogen (secondary N) is 2. The van der Waals surface area contributed by atoms with Gasteiger partial charge in [-0.25, -0.2) is 0 Å². The van der Waals surface area contributed by atoms with Crippen molar-refractivity contribution in [2.45, 2.75) is 0 Å². The average molecular weight is 383 g/mol. The molecule has 0 aliphatic carbocycles. The zero-order valence-electron chi connectivity index (χ0n) is 12.8. The first-order chi connectivity index (χ1) is 11.6. The molecule has 120 valence electrons. The highest BCUT2D eigenvalue weighted by Crippen LogP contribution is 2.22. The molecule has 0 saturated carbocycles. The Morgan fingerprint density at radius 2 is 1.58 bits per heavy atom. The van der Waals surface area contributed by atoms with E-state index in [1.165, 1.54) is 0 Å². The zero-order chi connectivity index (χ0) is 16.9. The highest BCUT2D eigenvalue weighted by Gasteiger charge is 2.09. The van der Waals surface area contributed by atoms with Gasteiger partial charge in [0.05, 0.1) is 6.54 Å². The Morgan fingerprint density at radius 3 is 2.38 bits per heavy atom. The van der Waals surface area contributed by atoms with Crippen molar-refractivity contribution in [2.75, 3.05) is 11.9 Å². The third-order valence-electron chi connectivity index (χ3n) is 3.58. The van der Waals surface area contributed by atoms with Gasteiger partial charge in [-0.1, -0.05) is 52.3 Å². The lowest BCUT2D eigenvalue weighted by molar-refractivity contribution is -0.115. The number of fused-ring (bicyclic) bond motifs is 1. The van der Waals surface area contributed by atoms with Crippen molar-refractivity contribution in [1.82, 2.24) is 5.32 Å². The molecule has 5 heteroatoms. The number of halogens is 1. The number of carbonyl (C=O) groups excluding carboxylic acids is 2. The first-order valence-corrected chi connectivity index (χ1v) is 8.24. The molecule has 0 fully saturated rings. The second-order valence-electron chi connectivity index (χ2n) is 5.26. The van der Waals surface area contributed by atoms with Crippen LogP contribution >= 0.6 is 15.9 Å². The first kappa shape index (κ1) is 16.2. The summed E-state index contributed by atoms with van der Waals surface area (Å²) in [5.41, 5.74) is 1.24. The van der Waals surface area contributed by atoms with Crippen LogP contribution in [0, 0.1) is 0 Å². The maximum absolute atomic E-state index is 12.1. The second kappa shape index (κ2) is 7.27. The molecule has 24 heavy (non-hydrogen) atoms. The largest absolute Gasteiger partial charge is 0.343 e. The summed E-state index contributed by atoms with van der Waals surface area (Å²) in [6, 6.07) is 20.5. The molecule has 3 aromatic carbocycles. The highest BCUT2D eigenvalue weighted by molar-refractivity contribution is 9.10. The molecule has 0 heterocycles. The zero-order valence-corrected chi connectivity index (χ0v) is 14.3. The molecule has 3 aromatic rings. The van der Waals surface area contributed by atoms with Crippen molar-refractivity contribution in [3.63, 3.8) is 0 Å². The number of amides is 2. The van der Waals surface area contributed by atoms with Crippen LogP contribution in [-0.4, -0.2) is 18.4 Å². The van der Waals surface area contributed by atoms with E-state index >= 15 is 0 Å². The molecule has 0 atom stereocenters. The minimum Gasteiger partial charge on any atom is -0.343 e.